The molecule has 2 N–H and O–H groups in total. The quantitative estimate of drug-likeness (QED) is 0.879. The van der Waals surface area contributed by atoms with Gasteiger partial charge in [0.05, 0.1) is 24.4 Å². The molecule has 0 radical (unpaired) electrons. The molecule has 0 saturated heterocycles. The van der Waals surface area contributed by atoms with Crippen molar-refractivity contribution < 1.29 is 15.0 Å². The molecule has 21 heavy (non-hydrogen) atoms. The molecule has 2 rings (SSSR count). The van der Waals surface area contributed by atoms with Crippen molar-refractivity contribution in [2.45, 2.75) is 27.0 Å². The van der Waals surface area contributed by atoms with E-state index in [0.29, 0.717) is 22.4 Å². The molecule has 0 aliphatic heterocycles. The second-order valence-corrected chi connectivity index (χ2v) is 4.82. The molecule has 0 fully saturated rings. The Bertz CT molecular complexity index is 750. The van der Waals surface area contributed by atoms with Crippen LogP contribution in [0.3, 0.4) is 0 Å². The number of carboxylic acids is 1. The fourth-order valence-electron chi connectivity index (χ4n) is 2.11. The number of nitrogens with zero attached hydrogens (tertiary/aromatic N) is 2. The number of aliphatic hydroxyl groups excluding tert-OH is 1. The molecule has 0 aliphatic rings. The molecule has 1 aromatic heterocycles. The van der Waals surface area contributed by atoms with Crippen LogP contribution in [0.4, 0.5) is 0 Å². The van der Waals surface area contributed by atoms with Crippen LogP contribution in [-0.4, -0.2) is 26.0 Å². The second-order valence-electron chi connectivity index (χ2n) is 4.82. The van der Waals surface area contributed by atoms with Crippen LogP contribution in [-0.2, 0) is 13.2 Å². The van der Waals surface area contributed by atoms with Crippen molar-refractivity contribution in [1.82, 2.24) is 9.78 Å². The van der Waals surface area contributed by atoms with E-state index < -0.39 is 5.97 Å². The lowest BCUT2D eigenvalue weighted by Gasteiger charge is -2.11. The molecule has 0 atom stereocenters. The Kier molecular flexibility index (Phi) is 4.18. The maximum atomic E-state index is 12.2. The summed E-state index contributed by atoms with van der Waals surface area (Å²) in [4.78, 5) is 23.2. The largest absolute Gasteiger partial charge is 0.478 e. The van der Waals surface area contributed by atoms with Crippen molar-refractivity contribution in [1.29, 1.82) is 0 Å². The fraction of sp³-hybridized carbons (Fsp3) is 0.267. The Morgan fingerprint density at radius 2 is 2.05 bits per heavy atom. The van der Waals surface area contributed by atoms with E-state index in [0.717, 1.165) is 0 Å². The van der Waals surface area contributed by atoms with E-state index in [9.17, 15) is 14.7 Å². The van der Waals surface area contributed by atoms with Crippen LogP contribution < -0.4 is 5.56 Å². The van der Waals surface area contributed by atoms with Gasteiger partial charge in [-0.05, 0) is 37.1 Å². The minimum Gasteiger partial charge on any atom is -0.478 e. The van der Waals surface area contributed by atoms with Crippen molar-refractivity contribution in [2.75, 3.05) is 0 Å². The minimum absolute atomic E-state index is 0.159. The summed E-state index contributed by atoms with van der Waals surface area (Å²) in [5, 5.41) is 22.5. The SMILES string of the molecule is Cc1nn(Cc2cccc(C(=O)O)c2)c(=O)c(CO)c1C. The van der Waals surface area contributed by atoms with Crippen LogP contribution in [0.25, 0.3) is 0 Å². The minimum atomic E-state index is -1.02. The first kappa shape index (κ1) is 14.9. The summed E-state index contributed by atoms with van der Waals surface area (Å²) in [6, 6.07) is 6.35. The van der Waals surface area contributed by atoms with Gasteiger partial charge in [0, 0.05) is 5.56 Å². The number of aromatic nitrogens is 2. The summed E-state index contributed by atoms with van der Waals surface area (Å²) in [7, 11) is 0. The van der Waals surface area contributed by atoms with Gasteiger partial charge in [-0.15, -0.1) is 0 Å². The molecule has 0 saturated carbocycles. The molecular formula is C15H16N2O4. The third-order valence-corrected chi connectivity index (χ3v) is 3.42. The van der Waals surface area contributed by atoms with Gasteiger partial charge in [0.2, 0.25) is 0 Å². The zero-order valence-electron chi connectivity index (χ0n) is 11.8. The number of hydrogen-bond acceptors (Lipinski definition) is 4. The maximum absolute atomic E-state index is 12.2. The molecule has 0 amide bonds. The Morgan fingerprint density at radius 3 is 2.67 bits per heavy atom. The average Bonchev–Trinajstić information content (AvgIpc) is 2.45. The van der Waals surface area contributed by atoms with Crippen LogP contribution in [0.2, 0.25) is 0 Å². The van der Waals surface area contributed by atoms with Gasteiger partial charge in [0.25, 0.3) is 5.56 Å². The highest BCUT2D eigenvalue weighted by molar-refractivity contribution is 5.87. The molecule has 0 bridgehead atoms. The Balaban J connectivity index is 2.45. The Labute approximate surface area is 121 Å². The predicted molar refractivity (Wildman–Crippen MR) is 76.4 cm³/mol. The highest BCUT2D eigenvalue weighted by Gasteiger charge is 2.12. The zero-order chi connectivity index (χ0) is 15.6. The molecule has 0 spiro atoms. The summed E-state index contributed by atoms with van der Waals surface area (Å²) in [5.41, 5.74) is 2.12. The number of carbonyl (C=O) groups is 1. The number of benzene rings is 1. The maximum Gasteiger partial charge on any atom is 0.335 e. The molecule has 0 unspecified atom stereocenters. The van der Waals surface area contributed by atoms with E-state index in [2.05, 4.69) is 5.10 Å². The Morgan fingerprint density at radius 1 is 1.33 bits per heavy atom. The van der Waals surface area contributed by atoms with Gasteiger partial charge < -0.3 is 10.2 Å². The van der Waals surface area contributed by atoms with Gasteiger partial charge in [0.15, 0.2) is 0 Å². The summed E-state index contributed by atoms with van der Waals surface area (Å²) < 4.78 is 1.24. The summed E-state index contributed by atoms with van der Waals surface area (Å²) >= 11 is 0. The molecule has 2 aromatic rings. The highest BCUT2D eigenvalue weighted by atomic mass is 16.4. The standard InChI is InChI=1S/C15H16N2O4/c1-9-10(2)16-17(14(19)13(9)8-18)7-11-4-3-5-12(6-11)15(20)21/h3-6,18H,7-8H2,1-2H3,(H,20,21). The average molecular weight is 288 g/mol. The topological polar surface area (TPSA) is 92.4 Å². The summed E-state index contributed by atoms with van der Waals surface area (Å²) in [6.45, 7) is 3.32. The zero-order valence-corrected chi connectivity index (χ0v) is 11.8. The first-order valence-electron chi connectivity index (χ1n) is 6.44. The first-order valence-corrected chi connectivity index (χ1v) is 6.44. The second kappa shape index (κ2) is 5.88. The number of hydrogen-bond donors (Lipinski definition) is 2. The normalized spacial score (nSPS) is 10.6. The van der Waals surface area contributed by atoms with Crippen LogP contribution in [0.1, 0.15) is 32.7 Å². The van der Waals surface area contributed by atoms with Crippen molar-refractivity contribution >= 4 is 5.97 Å². The van der Waals surface area contributed by atoms with Crippen molar-refractivity contribution in [3.63, 3.8) is 0 Å². The van der Waals surface area contributed by atoms with E-state index in [1.54, 1.807) is 26.0 Å². The monoisotopic (exact) mass is 288 g/mol. The first-order chi connectivity index (χ1) is 9.93. The van der Waals surface area contributed by atoms with Crippen LogP contribution in [0, 0.1) is 13.8 Å². The predicted octanol–water partition coefficient (Wildman–Crippen LogP) is 1.10. The number of carboxylic acid groups (broad SMARTS) is 1. The van der Waals surface area contributed by atoms with E-state index in [4.69, 9.17) is 5.11 Å². The van der Waals surface area contributed by atoms with Crippen molar-refractivity contribution in [3.8, 4) is 0 Å². The fourth-order valence-corrected chi connectivity index (χ4v) is 2.11. The van der Waals surface area contributed by atoms with E-state index >= 15 is 0 Å². The van der Waals surface area contributed by atoms with Gasteiger partial charge >= 0.3 is 5.97 Å². The number of aromatic carboxylic acids is 1. The van der Waals surface area contributed by atoms with Crippen LogP contribution in [0.5, 0.6) is 0 Å². The number of aryl methyl sites for hydroxylation is 1. The lowest BCUT2D eigenvalue weighted by molar-refractivity contribution is 0.0696. The summed E-state index contributed by atoms with van der Waals surface area (Å²) in [6.07, 6.45) is 0. The molecule has 1 heterocycles. The lowest BCUT2D eigenvalue weighted by Crippen LogP contribution is -2.29. The van der Waals surface area contributed by atoms with Crippen molar-refractivity contribution in [2.24, 2.45) is 0 Å². The third-order valence-electron chi connectivity index (χ3n) is 3.42. The Hall–Kier alpha value is -2.47. The van der Waals surface area contributed by atoms with E-state index in [1.165, 1.54) is 16.8 Å². The van der Waals surface area contributed by atoms with Gasteiger partial charge in [-0.1, -0.05) is 12.1 Å². The summed E-state index contributed by atoms with van der Waals surface area (Å²) in [5.74, 6) is -1.02. The number of rotatable bonds is 4. The number of aliphatic hydroxyl groups is 1. The highest BCUT2D eigenvalue weighted by Crippen LogP contribution is 2.09. The van der Waals surface area contributed by atoms with E-state index in [1.807, 2.05) is 0 Å². The van der Waals surface area contributed by atoms with Crippen LogP contribution >= 0.6 is 0 Å². The molecule has 6 heteroatoms. The molecule has 6 nitrogen and oxygen atoms in total. The van der Waals surface area contributed by atoms with E-state index in [-0.39, 0.29) is 24.3 Å². The van der Waals surface area contributed by atoms with Gasteiger partial charge in [-0.25, -0.2) is 9.48 Å². The lowest BCUT2D eigenvalue weighted by atomic mass is 10.1. The van der Waals surface area contributed by atoms with Gasteiger partial charge in [0.1, 0.15) is 0 Å². The molecule has 1 aromatic carbocycles. The van der Waals surface area contributed by atoms with Gasteiger partial charge in [-0.2, -0.15) is 5.10 Å². The van der Waals surface area contributed by atoms with Crippen molar-refractivity contribution in [3.05, 3.63) is 62.6 Å². The molecular weight excluding hydrogens is 272 g/mol. The van der Waals surface area contributed by atoms with Gasteiger partial charge in [-0.3, -0.25) is 4.79 Å². The van der Waals surface area contributed by atoms with Crippen LogP contribution in [0.15, 0.2) is 29.1 Å². The smallest absolute Gasteiger partial charge is 0.335 e. The molecule has 0 aliphatic carbocycles. The molecule has 110 valence electrons. The third kappa shape index (κ3) is 3.00.